The van der Waals surface area contributed by atoms with Crippen LogP contribution in [-0.2, 0) is 11.2 Å². The van der Waals surface area contributed by atoms with E-state index in [-0.39, 0.29) is 5.91 Å². The normalized spacial score (nSPS) is 10.1. The fourth-order valence-electron chi connectivity index (χ4n) is 1.02. The van der Waals surface area contributed by atoms with Gasteiger partial charge in [0, 0.05) is 11.3 Å². The van der Waals surface area contributed by atoms with Gasteiger partial charge in [-0.1, -0.05) is 13.8 Å². The highest BCUT2D eigenvalue weighted by Crippen LogP contribution is 2.22. The van der Waals surface area contributed by atoms with Crippen LogP contribution in [0.3, 0.4) is 0 Å². The Kier molecular flexibility index (Phi) is 3.42. The molecule has 4 heteroatoms. The fraction of sp³-hybridized carbons (Fsp3) is 0.556. The fourth-order valence-corrected chi connectivity index (χ4v) is 1.94. The number of aryl methyl sites for hydroxylation is 2. The minimum absolute atomic E-state index is 0.0244. The second-order valence-corrected chi connectivity index (χ2v) is 3.98. The molecular weight excluding hydrogens is 184 g/mol. The molecule has 0 fully saturated rings. The molecule has 0 saturated heterocycles. The molecule has 13 heavy (non-hydrogen) atoms. The molecule has 0 aliphatic heterocycles. The van der Waals surface area contributed by atoms with Crippen molar-refractivity contribution in [2.45, 2.75) is 33.6 Å². The highest BCUT2D eigenvalue weighted by atomic mass is 32.1. The standard InChI is InChI=1S/C9H14N2OS/c1-4-7-6(3)13-9(10-7)11-8(12)5-2/h4-5H2,1-3H3,(H,10,11,12). The van der Waals surface area contributed by atoms with Gasteiger partial charge in [0.15, 0.2) is 5.13 Å². The van der Waals surface area contributed by atoms with Crippen LogP contribution in [0.15, 0.2) is 0 Å². The second kappa shape index (κ2) is 4.37. The first-order valence-electron chi connectivity index (χ1n) is 4.43. The van der Waals surface area contributed by atoms with Crippen molar-refractivity contribution < 1.29 is 4.79 Å². The van der Waals surface area contributed by atoms with Crippen LogP contribution in [0.1, 0.15) is 30.8 Å². The third kappa shape index (κ3) is 2.52. The smallest absolute Gasteiger partial charge is 0.225 e. The number of anilines is 1. The van der Waals surface area contributed by atoms with Gasteiger partial charge in [0.05, 0.1) is 5.69 Å². The van der Waals surface area contributed by atoms with Crippen LogP contribution >= 0.6 is 11.3 Å². The van der Waals surface area contributed by atoms with Gasteiger partial charge in [0.1, 0.15) is 0 Å². The van der Waals surface area contributed by atoms with Crippen molar-refractivity contribution in [1.82, 2.24) is 4.98 Å². The molecule has 1 N–H and O–H groups in total. The van der Waals surface area contributed by atoms with E-state index in [0.717, 1.165) is 17.2 Å². The Hall–Kier alpha value is -0.900. The molecular formula is C9H14N2OS. The van der Waals surface area contributed by atoms with Gasteiger partial charge in [-0.05, 0) is 13.3 Å². The molecule has 1 amide bonds. The number of nitrogens with one attached hydrogen (secondary N) is 1. The lowest BCUT2D eigenvalue weighted by atomic mass is 10.3. The van der Waals surface area contributed by atoms with E-state index in [4.69, 9.17) is 0 Å². The number of carbonyl (C=O) groups excluding carboxylic acids is 1. The highest BCUT2D eigenvalue weighted by Gasteiger charge is 2.07. The molecule has 1 heterocycles. The lowest BCUT2D eigenvalue weighted by Gasteiger charge is -1.95. The Morgan fingerprint density at radius 1 is 1.54 bits per heavy atom. The molecule has 0 saturated carbocycles. The van der Waals surface area contributed by atoms with Crippen LogP contribution in [0.4, 0.5) is 5.13 Å². The van der Waals surface area contributed by atoms with Crippen molar-refractivity contribution >= 4 is 22.4 Å². The first kappa shape index (κ1) is 10.2. The van der Waals surface area contributed by atoms with E-state index < -0.39 is 0 Å². The molecule has 1 aromatic rings. The number of hydrogen-bond acceptors (Lipinski definition) is 3. The van der Waals surface area contributed by atoms with Gasteiger partial charge in [0.2, 0.25) is 5.91 Å². The number of hydrogen-bond donors (Lipinski definition) is 1. The van der Waals surface area contributed by atoms with Gasteiger partial charge in [-0.2, -0.15) is 0 Å². The molecule has 0 bridgehead atoms. The maximum Gasteiger partial charge on any atom is 0.225 e. The summed E-state index contributed by atoms with van der Waals surface area (Å²) in [7, 11) is 0. The van der Waals surface area contributed by atoms with Crippen LogP contribution in [0.5, 0.6) is 0 Å². The number of rotatable bonds is 3. The number of aromatic nitrogens is 1. The molecule has 0 atom stereocenters. The summed E-state index contributed by atoms with van der Waals surface area (Å²) < 4.78 is 0. The summed E-state index contributed by atoms with van der Waals surface area (Å²) in [6, 6.07) is 0. The van der Waals surface area contributed by atoms with E-state index in [1.807, 2.05) is 13.8 Å². The van der Waals surface area contributed by atoms with Crippen LogP contribution in [-0.4, -0.2) is 10.9 Å². The first-order chi connectivity index (χ1) is 6.17. The van der Waals surface area contributed by atoms with Gasteiger partial charge >= 0.3 is 0 Å². The van der Waals surface area contributed by atoms with Crippen molar-refractivity contribution in [1.29, 1.82) is 0 Å². The minimum Gasteiger partial charge on any atom is -0.302 e. The van der Waals surface area contributed by atoms with E-state index in [2.05, 4.69) is 17.2 Å². The predicted octanol–water partition coefficient (Wildman–Crippen LogP) is 2.36. The molecule has 72 valence electrons. The van der Waals surface area contributed by atoms with Gasteiger partial charge in [0.25, 0.3) is 0 Å². The van der Waals surface area contributed by atoms with Crippen LogP contribution in [0.25, 0.3) is 0 Å². The summed E-state index contributed by atoms with van der Waals surface area (Å²) in [6.07, 6.45) is 1.42. The Balaban J connectivity index is 2.73. The average molecular weight is 198 g/mol. The summed E-state index contributed by atoms with van der Waals surface area (Å²) in [5, 5.41) is 3.48. The van der Waals surface area contributed by atoms with Crippen molar-refractivity contribution in [3.63, 3.8) is 0 Å². The van der Waals surface area contributed by atoms with Crippen molar-refractivity contribution in [2.75, 3.05) is 5.32 Å². The van der Waals surface area contributed by atoms with Gasteiger partial charge in [-0.3, -0.25) is 4.79 Å². The Morgan fingerprint density at radius 2 is 2.23 bits per heavy atom. The third-order valence-electron chi connectivity index (χ3n) is 1.80. The summed E-state index contributed by atoms with van der Waals surface area (Å²) >= 11 is 1.54. The minimum atomic E-state index is 0.0244. The van der Waals surface area contributed by atoms with E-state index in [1.54, 1.807) is 0 Å². The number of thiazole rings is 1. The van der Waals surface area contributed by atoms with Crippen LogP contribution in [0.2, 0.25) is 0 Å². The van der Waals surface area contributed by atoms with Crippen molar-refractivity contribution in [3.05, 3.63) is 10.6 Å². The van der Waals surface area contributed by atoms with Crippen LogP contribution in [0, 0.1) is 6.92 Å². The van der Waals surface area contributed by atoms with E-state index in [1.165, 1.54) is 16.2 Å². The quantitative estimate of drug-likeness (QED) is 0.810. The molecule has 1 rings (SSSR count). The number of carbonyl (C=O) groups is 1. The number of amides is 1. The zero-order chi connectivity index (χ0) is 9.84. The van der Waals surface area contributed by atoms with E-state index in [0.29, 0.717) is 6.42 Å². The highest BCUT2D eigenvalue weighted by molar-refractivity contribution is 7.15. The maximum absolute atomic E-state index is 11.0. The van der Waals surface area contributed by atoms with Crippen molar-refractivity contribution in [2.24, 2.45) is 0 Å². The van der Waals surface area contributed by atoms with Gasteiger partial charge < -0.3 is 5.32 Å². The zero-order valence-corrected chi connectivity index (χ0v) is 8.99. The Morgan fingerprint density at radius 3 is 2.69 bits per heavy atom. The molecule has 3 nitrogen and oxygen atoms in total. The molecule has 0 aliphatic rings. The molecule has 0 aromatic carbocycles. The predicted molar refractivity (Wildman–Crippen MR) is 55.1 cm³/mol. The largest absolute Gasteiger partial charge is 0.302 e. The molecule has 1 aromatic heterocycles. The Labute approximate surface area is 82.2 Å². The monoisotopic (exact) mass is 198 g/mol. The first-order valence-corrected chi connectivity index (χ1v) is 5.25. The third-order valence-corrected chi connectivity index (χ3v) is 2.72. The zero-order valence-electron chi connectivity index (χ0n) is 8.18. The van der Waals surface area contributed by atoms with Gasteiger partial charge in [-0.25, -0.2) is 4.98 Å². The molecule has 0 radical (unpaired) electrons. The second-order valence-electron chi connectivity index (χ2n) is 2.78. The summed E-state index contributed by atoms with van der Waals surface area (Å²) in [6.45, 7) is 5.92. The van der Waals surface area contributed by atoms with Crippen molar-refractivity contribution in [3.8, 4) is 0 Å². The Bertz CT molecular complexity index is 307. The lowest BCUT2D eigenvalue weighted by molar-refractivity contribution is -0.115. The topological polar surface area (TPSA) is 42.0 Å². The summed E-state index contributed by atoms with van der Waals surface area (Å²) in [5.41, 5.74) is 1.08. The lowest BCUT2D eigenvalue weighted by Crippen LogP contribution is -2.08. The average Bonchev–Trinajstić information content (AvgIpc) is 2.46. The molecule has 0 aliphatic carbocycles. The molecule has 0 unspecified atom stereocenters. The SMILES string of the molecule is CCC(=O)Nc1nc(CC)c(C)s1. The van der Waals surface area contributed by atoms with E-state index >= 15 is 0 Å². The maximum atomic E-state index is 11.0. The molecule has 0 spiro atoms. The van der Waals surface area contributed by atoms with Crippen LogP contribution < -0.4 is 5.32 Å². The summed E-state index contributed by atoms with van der Waals surface area (Å²) in [5.74, 6) is 0.0244. The number of nitrogens with zero attached hydrogens (tertiary/aromatic N) is 1. The van der Waals surface area contributed by atoms with E-state index in [9.17, 15) is 4.79 Å². The summed E-state index contributed by atoms with van der Waals surface area (Å²) in [4.78, 5) is 16.5. The van der Waals surface area contributed by atoms with Gasteiger partial charge in [-0.15, -0.1) is 11.3 Å².